The summed E-state index contributed by atoms with van der Waals surface area (Å²) in [5.74, 6) is -3.78. The third-order valence-corrected chi connectivity index (χ3v) is 9.64. The Bertz CT molecular complexity index is 2260. The van der Waals surface area contributed by atoms with Gasteiger partial charge in [-0.1, -0.05) is 29.3 Å². The third-order valence-electron chi connectivity index (χ3n) is 9.64. The van der Waals surface area contributed by atoms with Gasteiger partial charge >= 0.3 is 11.9 Å². The first-order valence-corrected chi connectivity index (χ1v) is 17.6. The molecule has 1 unspecified atom stereocenters. The number of esters is 1. The van der Waals surface area contributed by atoms with E-state index in [-0.39, 0.29) is 40.0 Å². The molecule has 3 aliphatic heterocycles. The SMILES string of the molecule is CNC[C@@H](C(=O)O)C(=O)OC[C@@H]1O[C@H](Oc2ccc3c(=O)c(-c4ccc(O)cc4)coc3c2)[C@@H](O[NH+]2CC3=CC=NC3=C2c2cc(C)cc(C)c2)[C@H](O)[C@H]1O. The van der Waals surface area contributed by atoms with Crippen molar-refractivity contribution in [3.63, 3.8) is 0 Å². The van der Waals surface area contributed by atoms with Gasteiger partial charge in [0.15, 0.2) is 17.0 Å². The number of ether oxygens (including phenoxy) is 3. The molecule has 15 heteroatoms. The molecule has 0 bridgehead atoms. The third kappa shape index (κ3) is 7.66. The lowest BCUT2D eigenvalue weighted by Crippen LogP contribution is -3.08. The molecule has 0 aliphatic carbocycles. The average molecular weight is 755 g/mol. The van der Waals surface area contributed by atoms with Crippen LogP contribution in [0, 0.1) is 19.8 Å². The Morgan fingerprint density at radius 1 is 1.02 bits per heavy atom. The summed E-state index contributed by atoms with van der Waals surface area (Å²) in [4.78, 5) is 48.9. The number of phenols is 1. The zero-order valence-corrected chi connectivity index (χ0v) is 30.1. The number of carbonyl (C=O) groups is 2. The van der Waals surface area contributed by atoms with Gasteiger partial charge < -0.3 is 44.4 Å². The molecule has 4 aromatic rings. The van der Waals surface area contributed by atoms with Crippen molar-refractivity contribution in [3.8, 4) is 22.6 Å². The number of aliphatic imine (C=N–C) groups is 1. The lowest BCUT2D eigenvalue weighted by Gasteiger charge is -2.41. The van der Waals surface area contributed by atoms with Crippen LogP contribution in [0.25, 0.3) is 27.8 Å². The molecule has 1 saturated heterocycles. The highest BCUT2D eigenvalue weighted by Gasteiger charge is 2.51. The number of hydroxylamine groups is 2. The Balaban J connectivity index is 1.20. The van der Waals surface area contributed by atoms with Crippen LogP contribution in [-0.4, -0.2) is 96.0 Å². The van der Waals surface area contributed by atoms with Crippen molar-refractivity contribution in [1.29, 1.82) is 0 Å². The van der Waals surface area contributed by atoms with E-state index in [4.69, 9.17) is 23.5 Å². The molecule has 1 fully saturated rings. The topological polar surface area (TPSA) is 211 Å². The number of benzene rings is 3. The molecule has 55 heavy (non-hydrogen) atoms. The van der Waals surface area contributed by atoms with Crippen LogP contribution in [0.3, 0.4) is 0 Å². The lowest BCUT2D eigenvalue weighted by molar-refractivity contribution is -1.04. The normalized spacial score (nSPS) is 23.8. The van der Waals surface area contributed by atoms with Crippen molar-refractivity contribution >= 4 is 34.8 Å². The first kappa shape index (κ1) is 37.6. The van der Waals surface area contributed by atoms with E-state index in [9.17, 15) is 34.8 Å². The number of carboxylic acids is 1. The van der Waals surface area contributed by atoms with Crippen molar-refractivity contribution in [1.82, 2.24) is 5.32 Å². The summed E-state index contributed by atoms with van der Waals surface area (Å²) in [6, 6.07) is 16.7. The van der Waals surface area contributed by atoms with Crippen molar-refractivity contribution in [2.45, 2.75) is 44.6 Å². The van der Waals surface area contributed by atoms with E-state index in [0.29, 0.717) is 22.9 Å². The van der Waals surface area contributed by atoms with Gasteiger partial charge in [0.25, 0.3) is 0 Å². The predicted octanol–water partition coefficient (Wildman–Crippen LogP) is 1.65. The van der Waals surface area contributed by atoms with E-state index in [1.165, 1.54) is 43.6 Å². The molecule has 3 aliphatic rings. The van der Waals surface area contributed by atoms with Crippen LogP contribution in [-0.2, 0) is 23.9 Å². The number of nitrogens with zero attached hydrogens (tertiary/aromatic N) is 1. The van der Waals surface area contributed by atoms with E-state index in [0.717, 1.165) is 28.0 Å². The van der Waals surface area contributed by atoms with Crippen LogP contribution >= 0.6 is 0 Å². The molecule has 286 valence electrons. The second-order valence-corrected chi connectivity index (χ2v) is 13.7. The number of allylic oxidation sites excluding steroid dienone is 1. The Morgan fingerprint density at radius 2 is 1.76 bits per heavy atom. The van der Waals surface area contributed by atoms with E-state index >= 15 is 0 Å². The van der Waals surface area contributed by atoms with E-state index in [1.54, 1.807) is 18.3 Å². The average Bonchev–Trinajstić information content (AvgIpc) is 3.74. The van der Waals surface area contributed by atoms with Gasteiger partial charge in [-0.15, -0.1) is 0 Å². The van der Waals surface area contributed by atoms with Gasteiger partial charge in [0.1, 0.15) is 60.5 Å². The number of carboxylic acid groups (broad SMARTS) is 1. The fourth-order valence-corrected chi connectivity index (χ4v) is 6.97. The van der Waals surface area contributed by atoms with Gasteiger partial charge in [0.05, 0.1) is 10.9 Å². The van der Waals surface area contributed by atoms with Crippen LogP contribution in [0.4, 0.5) is 0 Å². The number of aromatic hydroxyl groups is 1. The molecular weight excluding hydrogens is 714 g/mol. The van der Waals surface area contributed by atoms with Crippen LogP contribution in [0.5, 0.6) is 11.5 Å². The summed E-state index contributed by atoms with van der Waals surface area (Å²) >= 11 is 0. The number of carbonyl (C=O) groups excluding carboxylic acids is 1. The molecule has 0 saturated carbocycles. The molecule has 3 aromatic carbocycles. The predicted molar refractivity (Wildman–Crippen MR) is 197 cm³/mol. The molecule has 0 radical (unpaired) electrons. The van der Waals surface area contributed by atoms with Gasteiger partial charge in [-0.3, -0.25) is 14.4 Å². The summed E-state index contributed by atoms with van der Waals surface area (Å²) in [6.07, 6.45) is -2.57. The number of hydrogen-bond donors (Lipinski definition) is 6. The Labute approximate surface area is 314 Å². The number of aryl methyl sites for hydroxylation is 2. The number of aliphatic hydroxyl groups excluding tert-OH is 2. The molecule has 15 nitrogen and oxygen atoms in total. The summed E-state index contributed by atoms with van der Waals surface area (Å²) in [6.45, 7) is 3.49. The Morgan fingerprint density at radius 3 is 2.47 bits per heavy atom. The summed E-state index contributed by atoms with van der Waals surface area (Å²) in [7, 11) is 1.49. The minimum Gasteiger partial charge on any atom is -0.508 e. The van der Waals surface area contributed by atoms with Gasteiger partial charge in [0.2, 0.25) is 12.4 Å². The largest absolute Gasteiger partial charge is 0.508 e. The van der Waals surface area contributed by atoms with Gasteiger partial charge in [0, 0.05) is 30.0 Å². The summed E-state index contributed by atoms with van der Waals surface area (Å²) in [5.41, 5.74) is 5.93. The number of quaternary nitrogens is 1. The van der Waals surface area contributed by atoms with Crippen molar-refractivity contribution in [2.24, 2.45) is 10.9 Å². The smallest absolute Gasteiger partial charge is 0.321 e. The lowest BCUT2D eigenvalue weighted by atomic mass is 9.99. The first-order chi connectivity index (χ1) is 26.4. The molecule has 7 atom stereocenters. The maximum atomic E-state index is 13.4. The van der Waals surface area contributed by atoms with Crippen molar-refractivity contribution < 1.29 is 58.5 Å². The molecule has 4 heterocycles. The number of hydrogen-bond acceptors (Lipinski definition) is 13. The van der Waals surface area contributed by atoms with Crippen molar-refractivity contribution in [2.75, 3.05) is 26.7 Å². The van der Waals surface area contributed by atoms with E-state index < -0.39 is 55.2 Å². The monoisotopic (exact) mass is 754 g/mol. The zero-order valence-electron chi connectivity index (χ0n) is 30.1. The van der Waals surface area contributed by atoms with Gasteiger partial charge in [-0.25, -0.2) is 4.99 Å². The first-order valence-electron chi connectivity index (χ1n) is 17.6. The van der Waals surface area contributed by atoms with Crippen LogP contribution in [0.1, 0.15) is 16.7 Å². The maximum absolute atomic E-state index is 13.4. The highest BCUT2D eigenvalue weighted by Crippen LogP contribution is 2.32. The zero-order chi connectivity index (χ0) is 39.0. The highest BCUT2D eigenvalue weighted by molar-refractivity contribution is 5.94. The van der Waals surface area contributed by atoms with E-state index in [2.05, 4.69) is 10.3 Å². The number of phenolic OH excluding ortho intramolecular Hbond substituents is 1. The second-order valence-electron chi connectivity index (χ2n) is 13.7. The van der Waals surface area contributed by atoms with Crippen LogP contribution in [0.15, 0.2) is 98.5 Å². The standard InChI is InChI=1S/C40H39N3O12/c1-20-12-21(2)14-24(13-20)33-32-23(10-11-42-32)17-43(33)55-37-36(47)35(46)31(19-52-39(50)28(16-41-3)38(48)49)54-40(37)53-26-8-9-27-30(15-26)51-18-29(34(27)45)22-4-6-25(44)7-5-22/h4-15,18,28,31,35-37,40-41,44,46-47H,16-17,19H2,1-3H3,(H,48,49)/p+1/t28-,31-,35-,36+,37-,40-/m0/s1. The molecule has 7 rings (SSSR count). The molecular formula is C40H40N3O12+. The fourth-order valence-electron chi connectivity index (χ4n) is 6.97. The van der Waals surface area contributed by atoms with E-state index in [1.807, 2.05) is 38.1 Å². The highest BCUT2D eigenvalue weighted by atomic mass is 16.8. The number of fused-ring (bicyclic) bond motifs is 2. The van der Waals surface area contributed by atoms with Crippen LogP contribution in [0.2, 0.25) is 0 Å². The number of rotatable bonds is 12. The fraction of sp³-hybridized carbons (Fsp3) is 0.300. The Hall–Kier alpha value is -5.68. The Kier molecular flexibility index (Phi) is 10.7. The molecule has 6 N–H and O–H groups in total. The number of nitrogens with one attached hydrogen (secondary N) is 2. The molecule has 0 amide bonds. The van der Waals surface area contributed by atoms with Crippen molar-refractivity contribution in [3.05, 3.63) is 111 Å². The summed E-state index contributed by atoms with van der Waals surface area (Å²) in [5, 5.41) is 45.5. The summed E-state index contributed by atoms with van der Waals surface area (Å²) < 4.78 is 23.5. The molecule has 0 spiro atoms. The maximum Gasteiger partial charge on any atom is 0.321 e. The second kappa shape index (κ2) is 15.6. The minimum absolute atomic E-state index is 0.0529. The van der Waals surface area contributed by atoms with Crippen LogP contribution < -0.4 is 20.5 Å². The number of aliphatic hydroxyl groups is 2. The number of aliphatic carboxylic acids is 1. The quantitative estimate of drug-likeness (QED) is 0.0899. The van der Waals surface area contributed by atoms with Gasteiger partial charge in [-0.05, 0) is 68.9 Å². The molecule has 1 aromatic heterocycles. The van der Waals surface area contributed by atoms with Gasteiger partial charge in [-0.2, -0.15) is 9.90 Å². The minimum atomic E-state index is -1.66.